The van der Waals surface area contributed by atoms with Crippen LogP contribution >= 0.6 is 11.3 Å². The van der Waals surface area contributed by atoms with E-state index in [0.717, 1.165) is 27.9 Å². The van der Waals surface area contributed by atoms with Crippen LogP contribution in [0.5, 0.6) is 0 Å². The Kier molecular flexibility index (Phi) is 5.25. The molecule has 0 atom stereocenters. The summed E-state index contributed by atoms with van der Waals surface area (Å²) < 4.78 is 13.1. The SMILES string of the molecule is CN(Cc1cccc(F)c1)Cc1ccc(C=CC(=O)O)s1. The van der Waals surface area contributed by atoms with Gasteiger partial charge in [-0.05, 0) is 43.0 Å². The van der Waals surface area contributed by atoms with Crippen LogP contribution in [0.3, 0.4) is 0 Å². The van der Waals surface area contributed by atoms with Gasteiger partial charge >= 0.3 is 5.97 Å². The molecule has 110 valence electrons. The second-order valence-corrected chi connectivity index (χ2v) is 5.98. The second-order valence-electron chi connectivity index (χ2n) is 4.78. The first-order chi connectivity index (χ1) is 10.0. The van der Waals surface area contributed by atoms with Gasteiger partial charge in [0.15, 0.2) is 0 Å². The van der Waals surface area contributed by atoms with E-state index in [0.29, 0.717) is 6.54 Å². The molecule has 21 heavy (non-hydrogen) atoms. The van der Waals surface area contributed by atoms with Crippen molar-refractivity contribution >= 4 is 23.4 Å². The zero-order valence-electron chi connectivity index (χ0n) is 11.6. The van der Waals surface area contributed by atoms with Crippen LogP contribution in [0.4, 0.5) is 4.39 Å². The molecule has 0 aliphatic heterocycles. The Balaban J connectivity index is 1.93. The van der Waals surface area contributed by atoms with Crippen LogP contribution in [-0.2, 0) is 17.9 Å². The standard InChI is InChI=1S/C16H16FNO2S/c1-18(10-12-3-2-4-13(17)9-12)11-15-6-5-14(21-15)7-8-16(19)20/h2-9H,10-11H2,1H3,(H,19,20). The maximum atomic E-state index is 13.1. The fraction of sp³-hybridized carbons (Fsp3) is 0.188. The van der Waals surface area contributed by atoms with Crippen molar-refractivity contribution in [3.05, 3.63) is 63.6 Å². The Bertz CT molecular complexity index is 651. The smallest absolute Gasteiger partial charge is 0.328 e. The lowest BCUT2D eigenvalue weighted by molar-refractivity contribution is -0.131. The fourth-order valence-electron chi connectivity index (χ4n) is 1.99. The zero-order valence-corrected chi connectivity index (χ0v) is 12.4. The molecule has 2 rings (SSSR count). The molecule has 1 N–H and O–H groups in total. The van der Waals surface area contributed by atoms with Crippen LogP contribution in [0.15, 0.2) is 42.5 Å². The third-order valence-corrected chi connectivity index (χ3v) is 3.88. The Morgan fingerprint density at radius 2 is 2.14 bits per heavy atom. The number of thiophene rings is 1. The number of carbonyl (C=O) groups is 1. The third kappa shape index (κ3) is 5.13. The van der Waals surface area contributed by atoms with Crippen molar-refractivity contribution in [2.75, 3.05) is 7.05 Å². The summed E-state index contributed by atoms with van der Waals surface area (Å²) in [6.07, 6.45) is 2.72. The summed E-state index contributed by atoms with van der Waals surface area (Å²) >= 11 is 1.55. The van der Waals surface area contributed by atoms with Crippen molar-refractivity contribution in [1.82, 2.24) is 4.90 Å². The zero-order chi connectivity index (χ0) is 15.2. The molecular weight excluding hydrogens is 289 g/mol. The monoisotopic (exact) mass is 305 g/mol. The largest absolute Gasteiger partial charge is 0.478 e. The Morgan fingerprint density at radius 1 is 1.33 bits per heavy atom. The van der Waals surface area contributed by atoms with Crippen molar-refractivity contribution in [2.24, 2.45) is 0 Å². The fourth-order valence-corrected chi connectivity index (χ4v) is 2.99. The summed E-state index contributed by atoms with van der Waals surface area (Å²) in [6.45, 7) is 1.40. The number of rotatable bonds is 6. The van der Waals surface area contributed by atoms with E-state index in [1.54, 1.807) is 23.5 Å². The van der Waals surface area contributed by atoms with Gasteiger partial charge in [0.2, 0.25) is 0 Å². The minimum atomic E-state index is -0.951. The summed E-state index contributed by atoms with van der Waals surface area (Å²) in [5.41, 5.74) is 0.931. The van der Waals surface area contributed by atoms with Crippen molar-refractivity contribution < 1.29 is 14.3 Å². The highest BCUT2D eigenvalue weighted by molar-refractivity contribution is 7.12. The molecule has 3 nitrogen and oxygen atoms in total. The van der Waals surface area contributed by atoms with E-state index in [1.807, 2.05) is 25.2 Å². The number of aliphatic carboxylic acids is 1. The molecule has 2 aromatic rings. The highest BCUT2D eigenvalue weighted by Gasteiger charge is 2.05. The highest BCUT2D eigenvalue weighted by Crippen LogP contribution is 2.20. The number of carboxylic acid groups (broad SMARTS) is 1. The molecule has 0 saturated heterocycles. The van der Waals surface area contributed by atoms with E-state index in [9.17, 15) is 9.18 Å². The molecule has 0 radical (unpaired) electrons. The van der Waals surface area contributed by atoms with Crippen LogP contribution in [0.2, 0.25) is 0 Å². The van der Waals surface area contributed by atoms with Gasteiger partial charge in [-0.1, -0.05) is 12.1 Å². The summed E-state index contributed by atoms with van der Waals surface area (Å²) in [6, 6.07) is 10.5. The van der Waals surface area contributed by atoms with Gasteiger partial charge in [0, 0.05) is 28.9 Å². The molecule has 1 aromatic heterocycles. The van der Waals surface area contributed by atoms with Gasteiger partial charge in [-0.3, -0.25) is 4.90 Å². The Labute approximate surface area is 127 Å². The van der Waals surface area contributed by atoms with Crippen LogP contribution in [0.25, 0.3) is 6.08 Å². The van der Waals surface area contributed by atoms with Crippen LogP contribution in [0, 0.1) is 5.82 Å². The average molecular weight is 305 g/mol. The number of halogens is 1. The first kappa shape index (κ1) is 15.4. The number of carboxylic acids is 1. The molecule has 0 aliphatic carbocycles. The molecule has 0 spiro atoms. The van der Waals surface area contributed by atoms with Crippen LogP contribution in [0.1, 0.15) is 15.3 Å². The van der Waals surface area contributed by atoms with E-state index < -0.39 is 5.97 Å². The number of benzene rings is 1. The number of hydrogen-bond donors (Lipinski definition) is 1. The maximum absolute atomic E-state index is 13.1. The molecule has 1 heterocycles. The predicted octanol–water partition coefficient (Wildman–Crippen LogP) is 3.62. The van der Waals surface area contributed by atoms with Gasteiger partial charge in [0.05, 0.1) is 0 Å². The summed E-state index contributed by atoms with van der Waals surface area (Å²) in [4.78, 5) is 14.6. The molecule has 0 fully saturated rings. The Morgan fingerprint density at radius 3 is 2.86 bits per heavy atom. The van der Waals surface area contributed by atoms with Crippen molar-refractivity contribution in [3.8, 4) is 0 Å². The minimum Gasteiger partial charge on any atom is -0.478 e. The molecule has 0 amide bonds. The quantitative estimate of drug-likeness (QED) is 0.829. The molecule has 0 saturated carbocycles. The lowest BCUT2D eigenvalue weighted by Crippen LogP contribution is -2.16. The second kappa shape index (κ2) is 7.15. The molecule has 1 aromatic carbocycles. The lowest BCUT2D eigenvalue weighted by atomic mass is 10.2. The van der Waals surface area contributed by atoms with Gasteiger partial charge in [0.25, 0.3) is 0 Å². The van der Waals surface area contributed by atoms with E-state index in [1.165, 1.54) is 12.1 Å². The highest BCUT2D eigenvalue weighted by atomic mass is 32.1. The van der Waals surface area contributed by atoms with Crippen LogP contribution < -0.4 is 0 Å². The predicted molar refractivity (Wildman–Crippen MR) is 82.6 cm³/mol. The lowest BCUT2D eigenvalue weighted by Gasteiger charge is -2.15. The minimum absolute atomic E-state index is 0.224. The first-order valence-corrected chi connectivity index (χ1v) is 7.27. The normalized spacial score (nSPS) is 11.4. The van der Waals surface area contributed by atoms with E-state index in [4.69, 9.17) is 5.11 Å². The summed E-state index contributed by atoms with van der Waals surface area (Å²) in [5.74, 6) is -1.17. The van der Waals surface area contributed by atoms with Crippen molar-refractivity contribution in [1.29, 1.82) is 0 Å². The van der Waals surface area contributed by atoms with Gasteiger partial charge in [-0.2, -0.15) is 0 Å². The van der Waals surface area contributed by atoms with Crippen molar-refractivity contribution in [2.45, 2.75) is 13.1 Å². The first-order valence-electron chi connectivity index (χ1n) is 6.45. The van der Waals surface area contributed by atoms with Gasteiger partial charge in [-0.25, -0.2) is 9.18 Å². The third-order valence-electron chi connectivity index (χ3n) is 2.84. The maximum Gasteiger partial charge on any atom is 0.328 e. The van der Waals surface area contributed by atoms with Gasteiger partial charge < -0.3 is 5.11 Å². The van der Waals surface area contributed by atoms with E-state index in [-0.39, 0.29) is 5.82 Å². The molecular formula is C16H16FNO2S. The number of hydrogen-bond acceptors (Lipinski definition) is 3. The van der Waals surface area contributed by atoms with E-state index in [2.05, 4.69) is 4.90 Å². The average Bonchev–Trinajstić information content (AvgIpc) is 2.83. The van der Waals surface area contributed by atoms with Gasteiger partial charge in [-0.15, -0.1) is 11.3 Å². The topological polar surface area (TPSA) is 40.5 Å². The Hall–Kier alpha value is -1.98. The van der Waals surface area contributed by atoms with E-state index >= 15 is 0 Å². The van der Waals surface area contributed by atoms with Gasteiger partial charge in [0.1, 0.15) is 5.82 Å². The molecule has 0 unspecified atom stereocenters. The van der Waals surface area contributed by atoms with Crippen molar-refractivity contribution in [3.63, 3.8) is 0 Å². The van der Waals surface area contributed by atoms with Crippen LogP contribution in [-0.4, -0.2) is 23.0 Å². The summed E-state index contributed by atoms with van der Waals surface area (Å²) in [5, 5.41) is 8.59. The summed E-state index contributed by atoms with van der Waals surface area (Å²) in [7, 11) is 1.97. The molecule has 0 aliphatic rings. The molecule has 5 heteroatoms. The molecule has 0 bridgehead atoms. The number of nitrogens with zero attached hydrogens (tertiary/aromatic N) is 1.